The maximum Gasteiger partial charge on any atom is 0.252 e. The standard InChI is InChI=1S/C72H74BN3/c1-66(2,3)48-31-34-59(52(40-48)45-22-15-14-16-23-45)74-61-42-50(68(7,8)9)30-33-57(61)73-58-29-21-28-55-65(58)76(72(13)54-27-20-18-25-47(54)36-38-69(55,72)10)63-44-51(43-62(74)64(63)73)75-60-35-32-49(67(4,5)6)41-56(60)70(11)39-37-46-24-17-19-26-53(46)71(70,75)12/h14-35,40-44H,36-39H2,1-13H3. The summed E-state index contributed by atoms with van der Waals surface area (Å²) in [5, 5.41) is 0. The van der Waals surface area contributed by atoms with Crippen molar-refractivity contribution in [2.24, 2.45) is 0 Å². The molecule has 0 bridgehead atoms. The van der Waals surface area contributed by atoms with Gasteiger partial charge in [-0.15, -0.1) is 0 Å². The second kappa shape index (κ2) is 15.5. The van der Waals surface area contributed by atoms with Crippen LogP contribution in [0.4, 0.5) is 39.8 Å². The zero-order valence-corrected chi connectivity index (χ0v) is 47.3. The van der Waals surface area contributed by atoms with Gasteiger partial charge < -0.3 is 14.7 Å². The van der Waals surface area contributed by atoms with Gasteiger partial charge in [-0.2, -0.15) is 0 Å². The Kier molecular flexibility index (Phi) is 9.69. The van der Waals surface area contributed by atoms with E-state index in [-0.39, 0.29) is 39.3 Å². The van der Waals surface area contributed by atoms with Crippen LogP contribution in [0.15, 0.2) is 164 Å². The molecule has 76 heavy (non-hydrogen) atoms. The summed E-state index contributed by atoms with van der Waals surface area (Å²) in [4.78, 5) is 8.47. The summed E-state index contributed by atoms with van der Waals surface area (Å²) in [6.45, 7) is 31.7. The molecule has 14 rings (SSSR count). The van der Waals surface area contributed by atoms with Crippen molar-refractivity contribution in [3.63, 3.8) is 0 Å². The van der Waals surface area contributed by atoms with Gasteiger partial charge in [-0.25, -0.2) is 0 Å². The predicted octanol–water partition coefficient (Wildman–Crippen LogP) is 16.4. The number of para-hydroxylation sites is 1. The van der Waals surface area contributed by atoms with Gasteiger partial charge in [-0.1, -0.05) is 204 Å². The van der Waals surface area contributed by atoms with E-state index in [2.05, 4.69) is 269 Å². The molecule has 0 saturated carbocycles. The number of benzene rings is 8. The highest BCUT2D eigenvalue weighted by Crippen LogP contribution is 2.68. The molecule has 0 radical (unpaired) electrons. The van der Waals surface area contributed by atoms with E-state index in [1.165, 1.54) is 117 Å². The van der Waals surface area contributed by atoms with E-state index >= 15 is 0 Å². The van der Waals surface area contributed by atoms with E-state index < -0.39 is 5.54 Å². The molecule has 4 atom stereocenters. The van der Waals surface area contributed by atoms with Gasteiger partial charge in [0.25, 0.3) is 6.71 Å². The summed E-state index contributed by atoms with van der Waals surface area (Å²) in [5.41, 5.74) is 27.4. The van der Waals surface area contributed by atoms with Crippen LogP contribution >= 0.6 is 0 Å². The first kappa shape index (κ1) is 47.7. The number of fused-ring (bicyclic) bond motifs is 14. The van der Waals surface area contributed by atoms with Crippen molar-refractivity contribution in [1.29, 1.82) is 0 Å². The fourth-order valence-corrected chi connectivity index (χ4v) is 15.9. The maximum atomic E-state index is 2.90. The molecule has 0 saturated heterocycles. The lowest BCUT2D eigenvalue weighted by atomic mass is 9.33. The predicted molar refractivity (Wildman–Crippen MR) is 323 cm³/mol. The Bertz CT molecular complexity index is 3770. The molecule has 2 aliphatic carbocycles. The molecule has 4 unspecified atom stereocenters. The van der Waals surface area contributed by atoms with E-state index in [1.54, 1.807) is 0 Å². The highest BCUT2D eigenvalue weighted by molar-refractivity contribution is 7.00. The molecule has 0 aromatic heterocycles. The molecule has 8 aromatic rings. The van der Waals surface area contributed by atoms with Gasteiger partial charge in [0, 0.05) is 50.5 Å². The molecule has 6 aliphatic rings. The second-order valence-electron chi connectivity index (χ2n) is 27.6. The summed E-state index contributed by atoms with van der Waals surface area (Å²) < 4.78 is 0. The van der Waals surface area contributed by atoms with Crippen LogP contribution in [-0.2, 0) is 51.0 Å². The number of hydrogen-bond acceptors (Lipinski definition) is 3. The lowest BCUT2D eigenvalue weighted by Crippen LogP contribution is -2.64. The first-order valence-corrected chi connectivity index (χ1v) is 28.5. The van der Waals surface area contributed by atoms with E-state index in [4.69, 9.17) is 0 Å². The molecule has 4 heterocycles. The van der Waals surface area contributed by atoms with Crippen molar-refractivity contribution in [3.8, 4) is 11.1 Å². The minimum absolute atomic E-state index is 0.00479. The highest BCUT2D eigenvalue weighted by atomic mass is 15.3. The van der Waals surface area contributed by atoms with Crippen molar-refractivity contribution < 1.29 is 0 Å². The van der Waals surface area contributed by atoms with Crippen molar-refractivity contribution in [3.05, 3.63) is 214 Å². The van der Waals surface area contributed by atoms with E-state index in [1.807, 2.05) is 0 Å². The minimum Gasteiger partial charge on any atom is -0.331 e. The number of anilines is 7. The molecule has 0 spiro atoms. The Morgan fingerprint density at radius 2 is 0.934 bits per heavy atom. The lowest BCUT2D eigenvalue weighted by Gasteiger charge is -2.54. The summed E-state index contributed by atoms with van der Waals surface area (Å²) in [6, 6.07) is 65.2. The largest absolute Gasteiger partial charge is 0.331 e. The van der Waals surface area contributed by atoms with Crippen LogP contribution in [0, 0.1) is 0 Å². The first-order chi connectivity index (χ1) is 36.1. The molecular weight excluding hydrogens is 918 g/mol. The quantitative estimate of drug-likeness (QED) is 0.163. The SMILES string of the molecule is CC(C)(C)c1ccc(N2c3cc(C(C)(C)C)ccc3B3c4cccc5c4N(c4cc(N6c7ccc(C(C)(C)C)cc7C7(C)CCc8ccccc8C67C)cc2c43)C2(C)c3ccccc3CCC52C)c(-c2ccccc2)c1. The third kappa shape index (κ3) is 6.08. The average Bonchev–Trinajstić information content (AvgIpc) is 3.99. The summed E-state index contributed by atoms with van der Waals surface area (Å²) in [7, 11) is 0. The van der Waals surface area contributed by atoms with Crippen LogP contribution in [0.25, 0.3) is 11.1 Å². The Morgan fingerprint density at radius 3 is 1.58 bits per heavy atom. The smallest absolute Gasteiger partial charge is 0.252 e. The Hall–Kier alpha value is -6.78. The lowest BCUT2D eigenvalue weighted by molar-refractivity contribution is 0.244. The molecule has 0 amide bonds. The second-order valence-corrected chi connectivity index (χ2v) is 27.6. The summed E-state index contributed by atoms with van der Waals surface area (Å²) in [5.74, 6) is 0. The summed E-state index contributed by atoms with van der Waals surface area (Å²) >= 11 is 0. The van der Waals surface area contributed by atoms with E-state index in [0.717, 1.165) is 25.7 Å². The van der Waals surface area contributed by atoms with Gasteiger partial charge in [0.15, 0.2) is 0 Å². The number of aryl methyl sites for hydroxylation is 2. The van der Waals surface area contributed by atoms with Gasteiger partial charge in [0.05, 0.1) is 16.8 Å². The van der Waals surface area contributed by atoms with E-state index in [0.29, 0.717) is 0 Å². The normalized spacial score (nSPS) is 23.5. The van der Waals surface area contributed by atoms with Gasteiger partial charge >= 0.3 is 0 Å². The Labute approximate surface area is 454 Å². The topological polar surface area (TPSA) is 9.72 Å². The first-order valence-electron chi connectivity index (χ1n) is 28.5. The van der Waals surface area contributed by atoms with Crippen LogP contribution in [0.2, 0.25) is 0 Å². The molecule has 4 heteroatoms. The zero-order chi connectivity index (χ0) is 52.9. The third-order valence-corrected chi connectivity index (χ3v) is 20.6. The molecule has 380 valence electrons. The molecule has 4 aliphatic heterocycles. The average molecular weight is 992 g/mol. The highest BCUT2D eigenvalue weighted by Gasteiger charge is 2.64. The number of nitrogens with zero attached hydrogens (tertiary/aromatic N) is 3. The minimum atomic E-state index is -0.403. The van der Waals surface area contributed by atoms with Crippen LogP contribution in [0.5, 0.6) is 0 Å². The molecule has 3 nitrogen and oxygen atoms in total. The van der Waals surface area contributed by atoms with Crippen LogP contribution < -0.4 is 31.1 Å². The maximum absolute atomic E-state index is 2.90. The zero-order valence-electron chi connectivity index (χ0n) is 47.3. The Morgan fingerprint density at radius 1 is 0.408 bits per heavy atom. The van der Waals surface area contributed by atoms with Crippen molar-refractivity contribution >= 4 is 62.9 Å². The van der Waals surface area contributed by atoms with Crippen LogP contribution in [0.1, 0.15) is 153 Å². The fraction of sp³-hybridized carbons (Fsp3) is 0.333. The fourth-order valence-electron chi connectivity index (χ4n) is 15.9. The molecule has 0 fully saturated rings. The van der Waals surface area contributed by atoms with Crippen molar-refractivity contribution in [2.75, 3.05) is 14.7 Å². The van der Waals surface area contributed by atoms with Crippen LogP contribution in [-0.4, -0.2) is 6.71 Å². The molecule has 0 N–H and O–H groups in total. The van der Waals surface area contributed by atoms with Gasteiger partial charge in [-0.05, 0) is 164 Å². The third-order valence-electron chi connectivity index (χ3n) is 20.6. The van der Waals surface area contributed by atoms with Crippen molar-refractivity contribution in [1.82, 2.24) is 0 Å². The van der Waals surface area contributed by atoms with Gasteiger partial charge in [0.1, 0.15) is 0 Å². The van der Waals surface area contributed by atoms with Crippen molar-refractivity contribution in [2.45, 2.75) is 154 Å². The van der Waals surface area contributed by atoms with Gasteiger partial charge in [-0.3, -0.25) is 0 Å². The van der Waals surface area contributed by atoms with Gasteiger partial charge in [0.2, 0.25) is 0 Å². The molecule has 8 aromatic carbocycles. The van der Waals surface area contributed by atoms with Crippen LogP contribution in [0.3, 0.4) is 0 Å². The Balaban J connectivity index is 1.16. The molecular formula is C72H74BN3. The number of rotatable bonds is 3. The summed E-state index contributed by atoms with van der Waals surface area (Å²) in [6.07, 6.45) is 4.28. The monoisotopic (exact) mass is 992 g/mol. The van der Waals surface area contributed by atoms with E-state index in [9.17, 15) is 0 Å². The number of hydrogen-bond donors (Lipinski definition) is 0.